The average Bonchev–Trinajstić information content (AvgIpc) is 2.56. The maximum atomic E-state index is 11.1. The van der Waals surface area contributed by atoms with Gasteiger partial charge in [-0.3, -0.25) is 5.84 Å². The van der Waals surface area contributed by atoms with E-state index in [4.69, 9.17) is 46.3 Å². The molecule has 0 aliphatic heterocycles. The van der Waals surface area contributed by atoms with Crippen LogP contribution < -0.4 is 61.0 Å². The zero-order valence-corrected chi connectivity index (χ0v) is 13.5. The van der Waals surface area contributed by atoms with Crippen molar-refractivity contribution in [3.8, 4) is 5.75 Å². The molecule has 0 atom stereocenters. The smallest absolute Gasteiger partial charge is 0.227 e. The predicted molar refractivity (Wildman–Crippen MR) is 100 cm³/mol. The van der Waals surface area contributed by atoms with Crippen molar-refractivity contribution in [2.24, 2.45) is 23.4 Å². The topological polar surface area (TPSA) is 270 Å². The third kappa shape index (κ3) is 3.20. The summed E-state index contributed by atoms with van der Waals surface area (Å²) < 4.78 is -0.959. The van der Waals surface area contributed by atoms with Crippen LogP contribution in [0, 0.1) is 10.4 Å². The molecular formula is C12H20N11O3-. The second-order valence-corrected chi connectivity index (χ2v) is 5.33. The van der Waals surface area contributed by atoms with Crippen molar-refractivity contribution in [1.29, 1.82) is 0 Å². The number of benzene rings is 2. The van der Waals surface area contributed by atoms with Crippen molar-refractivity contribution in [2.75, 3.05) is 28.1 Å². The molecule has 0 spiro atoms. The molecule has 0 aliphatic rings. The first kappa shape index (κ1) is 19.2. The maximum absolute atomic E-state index is 11.1. The number of hydrazine groups is 2. The van der Waals surface area contributed by atoms with E-state index < -0.39 is 4.70 Å². The van der Waals surface area contributed by atoms with Gasteiger partial charge in [0.05, 0.1) is 0 Å². The minimum absolute atomic E-state index is 0.0544. The number of nitrogens with zero attached hydrogens (tertiary/aromatic N) is 3. The molecule has 0 fully saturated rings. The van der Waals surface area contributed by atoms with Gasteiger partial charge in [-0.2, -0.15) is 11.7 Å². The third-order valence-corrected chi connectivity index (χ3v) is 3.66. The molecule has 14 nitrogen and oxygen atoms in total. The summed E-state index contributed by atoms with van der Waals surface area (Å²) >= 11 is 0. The first-order chi connectivity index (χ1) is 12.0. The molecule has 0 saturated heterocycles. The van der Waals surface area contributed by atoms with Crippen LogP contribution in [0.4, 0.5) is 39.8 Å². The molecule has 0 bridgehead atoms. The summed E-state index contributed by atoms with van der Waals surface area (Å²) in [5.41, 5.74) is 23.2. The summed E-state index contributed by atoms with van der Waals surface area (Å²) in [6.07, 6.45) is 0. The Kier molecular flexibility index (Phi) is 4.94. The van der Waals surface area contributed by atoms with Gasteiger partial charge in [0, 0.05) is 17.8 Å². The van der Waals surface area contributed by atoms with E-state index in [0.29, 0.717) is 0 Å². The molecule has 0 radical (unpaired) electrons. The Morgan fingerprint density at radius 1 is 0.808 bits per heavy atom. The van der Waals surface area contributed by atoms with Crippen LogP contribution in [-0.2, 0) is 0 Å². The zero-order chi connectivity index (χ0) is 19.8. The minimum Gasteiger partial charge on any atom is -0.743 e. The van der Waals surface area contributed by atoms with Gasteiger partial charge in [0.15, 0.2) is 11.4 Å². The van der Waals surface area contributed by atoms with Crippen LogP contribution >= 0.6 is 0 Å². The van der Waals surface area contributed by atoms with Crippen LogP contribution in [0.25, 0.3) is 0 Å². The SMILES string of the molecule is Nc1c(N)c([N+](N)(N)c2ccc(N(N)[O-])cc2)c(N)c(N)c1ON(N)[O-]. The van der Waals surface area contributed by atoms with Gasteiger partial charge in [0.1, 0.15) is 22.7 Å². The Morgan fingerprint density at radius 3 is 1.65 bits per heavy atom. The van der Waals surface area contributed by atoms with Gasteiger partial charge in [-0.15, -0.1) is 10.0 Å². The fourth-order valence-corrected chi connectivity index (χ4v) is 2.35. The quantitative estimate of drug-likeness (QED) is 0.130. The Labute approximate surface area is 147 Å². The van der Waals surface area contributed by atoms with Gasteiger partial charge in [0.25, 0.3) is 0 Å². The first-order valence-corrected chi connectivity index (χ1v) is 6.93. The summed E-state index contributed by atoms with van der Waals surface area (Å²) in [5.74, 6) is 22.0. The van der Waals surface area contributed by atoms with Crippen molar-refractivity contribution in [2.45, 2.75) is 0 Å². The Bertz CT molecular complexity index is 778. The average molecular weight is 366 g/mol. The molecule has 2 rings (SSSR count). The molecule has 0 unspecified atom stereocenters. The van der Waals surface area contributed by atoms with Crippen LogP contribution in [0.5, 0.6) is 5.75 Å². The lowest BCUT2D eigenvalue weighted by molar-refractivity contribution is -0.00618. The first-order valence-electron chi connectivity index (χ1n) is 6.93. The van der Waals surface area contributed by atoms with Crippen molar-refractivity contribution in [1.82, 2.24) is 10.0 Å². The highest BCUT2D eigenvalue weighted by Crippen LogP contribution is 2.49. The minimum atomic E-state index is -0.959. The highest BCUT2D eigenvalue weighted by atomic mass is 16.9. The van der Waals surface area contributed by atoms with Crippen molar-refractivity contribution >= 4 is 39.8 Å². The van der Waals surface area contributed by atoms with Crippen molar-refractivity contribution in [3.05, 3.63) is 34.7 Å². The molecule has 2 aromatic carbocycles. The van der Waals surface area contributed by atoms with E-state index in [1.54, 1.807) is 0 Å². The number of anilines is 5. The van der Waals surface area contributed by atoms with E-state index in [9.17, 15) is 10.4 Å². The normalized spacial score (nSPS) is 11.7. The van der Waals surface area contributed by atoms with Gasteiger partial charge in [-0.1, -0.05) is 0 Å². The molecule has 0 amide bonds. The molecule has 0 saturated carbocycles. The summed E-state index contributed by atoms with van der Waals surface area (Å²) in [4.78, 5) is 4.66. The third-order valence-electron chi connectivity index (χ3n) is 3.66. The monoisotopic (exact) mass is 366 g/mol. The fourth-order valence-electron chi connectivity index (χ4n) is 2.35. The van der Waals surface area contributed by atoms with Gasteiger partial charge in [-0.25, -0.2) is 5.84 Å². The number of hydrogen-bond donors (Lipinski definition) is 8. The zero-order valence-electron chi connectivity index (χ0n) is 13.5. The van der Waals surface area contributed by atoms with E-state index >= 15 is 0 Å². The molecule has 16 N–H and O–H groups in total. The Hall–Kier alpha value is -3.08. The molecule has 14 heteroatoms. The molecule has 2 aromatic rings. The predicted octanol–water partition coefficient (Wildman–Crippen LogP) is -1.45. The van der Waals surface area contributed by atoms with E-state index in [0.717, 1.165) is 0 Å². The second kappa shape index (κ2) is 6.67. The van der Waals surface area contributed by atoms with Crippen LogP contribution in [0.3, 0.4) is 0 Å². The highest BCUT2D eigenvalue weighted by molar-refractivity contribution is 6.00. The van der Waals surface area contributed by atoms with Gasteiger partial charge in [-0.05, 0) is 12.1 Å². The summed E-state index contributed by atoms with van der Waals surface area (Å²) in [6.45, 7) is 0. The molecular weight excluding hydrogens is 346 g/mol. The Balaban J connectivity index is 2.62. The number of nitrogen functional groups attached to an aromatic ring is 4. The van der Waals surface area contributed by atoms with Crippen LogP contribution in [0.2, 0.25) is 0 Å². The standard InChI is InChI=1S/C12H20N11O3/c13-7-9(15)12(26-22(18)25)10(16)8(14)11(7)23(19,20)6-3-1-5(2-4-6)21(17)24/h1-4H,13-20H2/q-1. The van der Waals surface area contributed by atoms with Crippen LogP contribution in [0.1, 0.15) is 0 Å². The highest BCUT2D eigenvalue weighted by Gasteiger charge is 2.35. The number of quaternary nitrogens is 1. The lowest BCUT2D eigenvalue weighted by atomic mass is 10.1. The van der Waals surface area contributed by atoms with Crippen LogP contribution in [0.15, 0.2) is 24.3 Å². The van der Waals surface area contributed by atoms with E-state index in [1.807, 2.05) is 0 Å². The summed E-state index contributed by atoms with van der Waals surface area (Å²) in [5, 5.41) is 21.8. The molecule has 0 heterocycles. The van der Waals surface area contributed by atoms with Crippen molar-refractivity contribution in [3.63, 3.8) is 0 Å². The molecule has 0 aliphatic carbocycles. The van der Waals surface area contributed by atoms with E-state index in [1.165, 1.54) is 24.3 Å². The van der Waals surface area contributed by atoms with Gasteiger partial charge >= 0.3 is 0 Å². The summed E-state index contributed by atoms with van der Waals surface area (Å²) in [7, 11) is 0. The number of nitrogens with two attached hydrogens (primary N) is 8. The van der Waals surface area contributed by atoms with Gasteiger partial charge in [0.2, 0.25) is 5.69 Å². The lowest BCUT2D eigenvalue weighted by Crippen LogP contribution is -2.58. The van der Waals surface area contributed by atoms with Crippen LogP contribution in [-0.4, -0.2) is 5.34 Å². The molecule has 0 aromatic heterocycles. The molecule has 26 heavy (non-hydrogen) atoms. The Morgan fingerprint density at radius 2 is 1.27 bits per heavy atom. The summed E-state index contributed by atoms with van der Waals surface area (Å²) in [6, 6.07) is 5.63. The largest absolute Gasteiger partial charge is 0.743 e. The van der Waals surface area contributed by atoms with Gasteiger partial charge < -0.3 is 43.4 Å². The maximum Gasteiger partial charge on any atom is 0.227 e. The fraction of sp³-hybridized carbons (Fsp3) is 0. The second-order valence-electron chi connectivity index (χ2n) is 5.33. The number of hydrogen-bond acceptors (Lipinski definition) is 13. The lowest BCUT2D eigenvalue weighted by Gasteiger charge is -2.31. The van der Waals surface area contributed by atoms with Crippen molar-refractivity contribution < 1.29 is 4.84 Å². The van der Waals surface area contributed by atoms with E-state index in [-0.39, 0.29) is 56.1 Å². The molecule has 142 valence electrons. The number of rotatable bonds is 5. The van der Waals surface area contributed by atoms with E-state index in [2.05, 4.69) is 4.84 Å².